The van der Waals surface area contributed by atoms with Crippen LogP contribution >= 0.6 is 0 Å². The van der Waals surface area contributed by atoms with Gasteiger partial charge in [0.15, 0.2) is 17.3 Å². The zero-order chi connectivity index (χ0) is 27.0. The van der Waals surface area contributed by atoms with Crippen LogP contribution in [0.2, 0.25) is 0 Å². The molecule has 5 rings (SSSR count). The predicted molar refractivity (Wildman–Crippen MR) is 135 cm³/mol. The van der Waals surface area contributed by atoms with E-state index in [1.54, 1.807) is 18.2 Å². The average Bonchev–Trinajstić information content (AvgIpc) is 3.80. The fraction of sp³-hybridized carbons (Fsp3) is 0.391. The van der Waals surface area contributed by atoms with Gasteiger partial charge in [-0.1, -0.05) is 11.2 Å². The van der Waals surface area contributed by atoms with Crippen molar-refractivity contribution < 1.29 is 27.3 Å². The number of benzene rings is 1. The molecule has 0 radical (unpaired) electrons. The SMILES string of the molecule is COc1c(Nc2cc(NC(=O)C3CC3)nnc2C(N)=O)cccc1-c1noc(CN(C2CC2)S(C)(=O)=O)n1. The van der Waals surface area contributed by atoms with E-state index in [-0.39, 0.29) is 53.3 Å². The van der Waals surface area contributed by atoms with Crippen LogP contribution in [0.4, 0.5) is 17.2 Å². The number of nitrogens with two attached hydrogens (primary N) is 1. The first-order chi connectivity index (χ1) is 18.1. The highest BCUT2D eigenvalue weighted by molar-refractivity contribution is 7.88. The smallest absolute Gasteiger partial charge is 0.271 e. The van der Waals surface area contributed by atoms with Gasteiger partial charge in [0.2, 0.25) is 27.6 Å². The summed E-state index contributed by atoms with van der Waals surface area (Å²) in [4.78, 5) is 28.5. The molecule has 0 spiro atoms. The maximum atomic E-state index is 12.2. The molecular weight excluding hydrogens is 516 g/mol. The average molecular weight is 543 g/mol. The van der Waals surface area contributed by atoms with Gasteiger partial charge < -0.3 is 25.6 Å². The van der Waals surface area contributed by atoms with E-state index < -0.39 is 15.9 Å². The monoisotopic (exact) mass is 542 g/mol. The van der Waals surface area contributed by atoms with Crippen molar-refractivity contribution in [2.75, 3.05) is 24.0 Å². The lowest BCUT2D eigenvalue weighted by atomic mass is 10.1. The summed E-state index contributed by atoms with van der Waals surface area (Å²) in [5.41, 5.74) is 6.43. The zero-order valence-corrected chi connectivity index (χ0v) is 21.5. The van der Waals surface area contributed by atoms with Gasteiger partial charge in [-0.05, 0) is 37.8 Å². The van der Waals surface area contributed by atoms with Crippen LogP contribution in [-0.2, 0) is 21.4 Å². The van der Waals surface area contributed by atoms with Gasteiger partial charge in [0.1, 0.15) is 0 Å². The molecule has 2 fully saturated rings. The number of hydrogen-bond acceptors (Lipinski definition) is 11. The standard InChI is InChI=1S/C23H26N8O6S/c1-36-20-14(22-27-18(37-30-22)11-31(13-8-9-13)38(2,34)35)4-3-5-15(20)25-16-10-17(26-23(33)12-6-7-12)28-29-19(16)21(24)32/h3-5,10,12-13H,6-9,11H2,1-2H3,(H2,24,32)(H2,25,26,28,33). The van der Waals surface area contributed by atoms with Crippen molar-refractivity contribution in [3.05, 3.63) is 35.9 Å². The third-order valence-electron chi connectivity index (χ3n) is 6.10. The number of primary amides is 1. The van der Waals surface area contributed by atoms with E-state index in [0.717, 1.165) is 31.9 Å². The topological polar surface area (TPSA) is 196 Å². The van der Waals surface area contributed by atoms with Crippen molar-refractivity contribution in [3.8, 4) is 17.1 Å². The number of hydrogen-bond donors (Lipinski definition) is 3. The minimum absolute atomic E-state index is 0.0310. The lowest BCUT2D eigenvalue weighted by Crippen LogP contribution is -2.31. The third-order valence-corrected chi connectivity index (χ3v) is 7.37. The first-order valence-electron chi connectivity index (χ1n) is 11.9. The number of sulfonamides is 1. The van der Waals surface area contributed by atoms with Crippen LogP contribution < -0.4 is 21.1 Å². The normalized spacial score (nSPS) is 15.3. The van der Waals surface area contributed by atoms with Gasteiger partial charge in [0, 0.05) is 18.0 Å². The minimum Gasteiger partial charge on any atom is -0.494 e. The van der Waals surface area contributed by atoms with E-state index in [1.165, 1.54) is 17.5 Å². The molecule has 2 aliphatic rings. The Kier molecular flexibility index (Phi) is 6.71. The second-order valence-corrected chi connectivity index (χ2v) is 11.1. The summed E-state index contributed by atoms with van der Waals surface area (Å²) in [6, 6.07) is 6.50. The molecule has 0 atom stereocenters. The Hall–Kier alpha value is -4.11. The van der Waals surface area contributed by atoms with Crippen molar-refractivity contribution in [1.29, 1.82) is 0 Å². The van der Waals surface area contributed by atoms with Gasteiger partial charge >= 0.3 is 0 Å². The summed E-state index contributed by atoms with van der Waals surface area (Å²) in [6.07, 6.45) is 4.37. The number of anilines is 3. The minimum atomic E-state index is -3.44. The van der Waals surface area contributed by atoms with E-state index in [9.17, 15) is 18.0 Å². The molecule has 3 aromatic rings. The van der Waals surface area contributed by atoms with Gasteiger partial charge in [-0.15, -0.1) is 10.2 Å². The van der Waals surface area contributed by atoms with Gasteiger partial charge in [0.05, 0.1) is 36.8 Å². The fourth-order valence-corrected chi connectivity index (χ4v) is 5.02. The first kappa shape index (κ1) is 25.5. The fourth-order valence-electron chi connectivity index (χ4n) is 3.92. The molecule has 200 valence electrons. The van der Waals surface area contributed by atoms with Crippen molar-refractivity contribution >= 4 is 39.0 Å². The maximum absolute atomic E-state index is 12.2. The number of amides is 2. The first-order valence-corrected chi connectivity index (χ1v) is 13.7. The van der Waals surface area contributed by atoms with E-state index in [4.69, 9.17) is 15.0 Å². The number of nitrogens with one attached hydrogen (secondary N) is 2. The Morgan fingerprint density at radius 2 is 1.95 bits per heavy atom. The molecule has 15 heteroatoms. The number of rotatable bonds is 11. The van der Waals surface area contributed by atoms with Crippen LogP contribution in [0, 0.1) is 5.92 Å². The molecule has 0 unspecified atom stereocenters. The van der Waals surface area contributed by atoms with Gasteiger partial charge in [-0.25, -0.2) is 8.42 Å². The molecule has 2 heterocycles. The molecule has 2 saturated carbocycles. The number of carbonyl (C=O) groups is 2. The summed E-state index contributed by atoms with van der Waals surface area (Å²) in [6.45, 7) is -0.0310. The molecule has 1 aromatic carbocycles. The molecule has 4 N–H and O–H groups in total. The highest BCUT2D eigenvalue weighted by Crippen LogP contribution is 2.38. The number of ether oxygens (including phenoxy) is 1. The molecule has 14 nitrogen and oxygen atoms in total. The molecule has 0 aliphatic heterocycles. The number of carbonyl (C=O) groups excluding carboxylic acids is 2. The van der Waals surface area contributed by atoms with E-state index in [1.807, 2.05) is 0 Å². The number of aromatic nitrogens is 4. The Morgan fingerprint density at radius 1 is 1.18 bits per heavy atom. The van der Waals surface area contributed by atoms with Crippen molar-refractivity contribution in [2.45, 2.75) is 38.3 Å². The Balaban J connectivity index is 1.43. The summed E-state index contributed by atoms with van der Waals surface area (Å²) in [5.74, 6) is -0.219. The van der Waals surface area contributed by atoms with Crippen LogP contribution in [-0.4, -0.2) is 64.3 Å². The second-order valence-electron chi connectivity index (χ2n) is 9.18. The predicted octanol–water partition coefficient (Wildman–Crippen LogP) is 1.65. The van der Waals surface area contributed by atoms with Gasteiger partial charge in [-0.2, -0.15) is 9.29 Å². The number of para-hydroxylation sites is 1. The van der Waals surface area contributed by atoms with Crippen molar-refractivity contribution in [2.24, 2.45) is 11.7 Å². The quantitative estimate of drug-likeness (QED) is 0.319. The zero-order valence-electron chi connectivity index (χ0n) is 20.7. The Morgan fingerprint density at radius 3 is 2.58 bits per heavy atom. The van der Waals surface area contributed by atoms with Crippen LogP contribution in [0.5, 0.6) is 5.75 Å². The largest absolute Gasteiger partial charge is 0.494 e. The van der Waals surface area contributed by atoms with E-state index >= 15 is 0 Å². The van der Waals surface area contributed by atoms with Crippen molar-refractivity contribution in [3.63, 3.8) is 0 Å². The summed E-state index contributed by atoms with van der Waals surface area (Å²) >= 11 is 0. The summed E-state index contributed by atoms with van der Waals surface area (Å²) in [7, 11) is -1.99. The third kappa shape index (κ3) is 5.57. The van der Waals surface area contributed by atoms with Crippen molar-refractivity contribution in [1.82, 2.24) is 24.6 Å². The molecule has 0 bridgehead atoms. The highest BCUT2D eigenvalue weighted by Gasteiger charge is 2.36. The molecule has 2 amide bonds. The van der Waals surface area contributed by atoms with Crippen LogP contribution in [0.25, 0.3) is 11.4 Å². The van der Waals surface area contributed by atoms with Crippen LogP contribution in [0.1, 0.15) is 42.1 Å². The maximum Gasteiger partial charge on any atom is 0.271 e. The van der Waals surface area contributed by atoms with Gasteiger partial charge in [-0.3, -0.25) is 9.59 Å². The van der Waals surface area contributed by atoms with Gasteiger partial charge in [0.25, 0.3) is 5.91 Å². The number of methoxy groups -OCH3 is 1. The summed E-state index contributed by atoms with van der Waals surface area (Å²) < 4.78 is 36.6. The highest BCUT2D eigenvalue weighted by atomic mass is 32.2. The second kappa shape index (κ2) is 9.98. The molecule has 2 aliphatic carbocycles. The molecule has 2 aromatic heterocycles. The Bertz CT molecular complexity index is 1500. The van der Waals surface area contributed by atoms with Crippen LogP contribution in [0.3, 0.4) is 0 Å². The van der Waals surface area contributed by atoms with Crippen LogP contribution in [0.15, 0.2) is 28.8 Å². The van der Waals surface area contributed by atoms with E-state index in [0.29, 0.717) is 17.0 Å². The lowest BCUT2D eigenvalue weighted by Gasteiger charge is -2.16. The number of nitrogens with zero attached hydrogens (tertiary/aromatic N) is 5. The lowest BCUT2D eigenvalue weighted by molar-refractivity contribution is -0.117. The molecule has 38 heavy (non-hydrogen) atoms. The summed E-state index contributed by atoms with van der Waals surface area (Å²) in [5, 5.41) is 17.5. The molecule has 0 saturated heterocycles. The Labute approximate surface area is 218 Å². The van der Waals surface area contributed by atoms with E-state index in [2.05, 4.69) is 31.0 Å². The molecular formula is C23H26N8O6S.